The smallest absolute Gasteiger partial charge is 0.487 e. The second-order valence-electron chi connectivity index (χ2n) is 7.97. The number of nitrogens with zero attached hydrogens (tertiary/aromatic N) is 4. The van der Waals surface area contributed by atoms with E-state index in [2.05, 4.69) is 5.10 Å². The van der Waals surface area contributed by atoms with E-state index >= 15 is 4.39 Å². The van der Waals surface area contributed by atoms with Crippen LogP contribution in [0.1, 0.15) is 5.56 Å². The van der Waals surface area contributed by atoms with Crippen LogP contribution in [0.15, 0.2) is 67.0 Å². The topological polar surface area (TPSA) is 102 Å². The summed E-state index contributed by atoms with van der Waals surface area (Å²) < 4.78 is 49.1. The zero-order valence-electron chi connectivity index (χ0n) is 18.4. The number of carbonyl (C=O) groups excluding carboxylic acids is 1. The van der Waals surface area contributed by atoms with Gasteiger partial charge in [-0.05, 0) is 28.6 Å². The van der Waals surface area contributed by atoms with Crippen LogP contribution < -0.4 is 9.04 Å². The Hall–Kier alpha value is -4.12. The van der Waals surface area contributed by atoms with Gasteiger partial charge in [-0.3, -0.25) is 4.68 Å². The SMILES string of the molecule is O=CCn1cc(-c2ccc3c(F)c(N4CC[N+](=O)S4(=O)=O)c(OCc4ccccc4)cc3c2)cn1. The minimum Gasteiger partial charge on any atom is -0.487 e. The van der Waals surface area contributed by atoms with Gasteiger partial charge in [-0.15, -0.1) is 8.42 Å². The number of hydrogen-bond donors (Lipinski definition) is 0. The average molecular weight is 496 g/mol. The highest BCUT2D eigenvalue weighted by molar-refractivity contribution is 7.87. The summed E-state index contributed by atoms with van der Waals surface area (Å²) in [6, 6.07) is 15.7. The standard InChI is InChI=1S/C24H20FN4O5S/c25-23-21-7-6-18(20-14-26-27(15-20)10-11-30)12-19(21)13-22(34-16-17-4-2-1-3-5-17)24(23)28-8-9-29(31)35(28,32)33/h1-7,11-15H,8-10,16H2/q+1. The number of anilines is 1. The van der Waals surface area contributed by atoms with E-state index in [0.717, 1.165) is 27.3 Å². The Kier molecular flexibility index (Phi) is 5.77. The van der Waals surface area contributed by atoms with Crippen molar-refractivity contribution < 1.29 is 26.5 Å². The Morgan fingerprint density at radius 3 is 2.63 bits per heavy atom. The predicted molar refractivity (Wildman–Crippen MR) is 127 cm³/mol. The second-order valence-corrected chi connectivity index (χ2v) is 9.72. The molecule has 0 atom stereocenters. The van der Waals surface area contributed by atoms with Gasteiger partial charge in [0.15, 0.2) is 5.82 Å². The highest BCUT2D eigenvalue weighted by atomic mass is 32.2. The molecule has 9 nitrogen and oxygen atoms in total. The summed E-state index contributed by atoms with van der Waals surface area (Å²) in [5.74, 6) is -0.792. The Bertz CT molecular complexity index is 1550. The number of ether oxygens (including phenoxy) is 1. The lowest BCUT2D eigenvalue weighted by atomic mass is 10.0. The zero-order chi connectivity index (χ0) is 24.6. The number of carbonyl (C=O) groups is 1. The van der Waals surface area contributed by atoms with E-state index in [1.54, 1.807) is 36.7 Å². The van der Waals surface area contributed by atoms with E-state index in [1.807, 2.05) is 30.3 Å². The number of halogens is 1. The van der Waals surface area contributed by atoms with Crippen LogP contribution in [0, 0.1) is 10.7 Å². The van der Waals surface area contributed by atoms with E-state index in [1.165, 1.54) is 4.68 Å². The van der Waals surface area contributed by atoms with Crippen LogP contribution in [-0.4, -0.2) is 41.7 Å². The van der Waals surface area contributed by atoms with E-state index in [-0.39, 0.29) is 47.2 Å². The summed E-state index contributed by atoms with van der Waals surface area (Å²) in [5.41, 5.74) is 1.98. The molecular weight excluding hydrogens is 475 g/mol. The van der Waals surface area contributed by atoms with Gasteiger partial charge in [-0.1, -0.05) is 42.5 Å². The molecular formula is C24H20FN4O5S+. The maximum atomic E-state index is 15.9. The maximum absolute atomic E-state index is 15.9. The summed E-state index contributed by atoms with van der Waals surface area (Å²) in [5, 5.41) is 4.78. The lowest BCUT2D eigenvalue weighted by Gasteiger charge is -2.19. The lowest BCUT2D eigenvalue weighted by molar-refractivity contribution is -0.375. The number of benzene rings is 3. The maximum Gasteiger partial charge on any atom is 0.512 e. The number of hydrogen-bond acceptors (Lipinski definition) is 6. The molecule has 0 saturated carbocycles. The van der Waals surface area contributed by atoms with Crippen molar-refractivity contribution in [2.45, 2.75) is 13.2 Å². The monoisotopic (exact) mass is 495 g/mol. The third-order valence-electron chi connectivity index (χ3n) is 5.75. The van der Waals surface area contributed by atoms with Crippen LogP contribution in [0.2, 0.25) is 0 Å². The number of aldehydes is 1. The third-order valence-corrected chi connectivity index (χ3v) is 7.37. The van der Waals surface area contributed by atoms with Crippen molar-refractivity contribution in [2.24, 2.45) is 0 Å². The number of fused-ring (bicyclic) bond motifs is 1. The summed E-state index contributed by atoms with van der Waals surface area (Å²) in [7, 11) is -4.42. The molecule has 11 heteroatoms. The first kappa shape index (κ1) is 22.7. The van der Waals surface area contributed by atoms with E-state index in [4.69, 9.17) is 4.74 Å². The van der Waals surface area contributed by atoms with Crippen LogP contribution in [0.25, 0.3) is 21.9 Å². The van der Waals surface area contributed by atoms with Crippen molar-refractivity contribution in [1.29, 1.82) is 0 Å². The van der Waals surface area contributed by atoms with E-state index < -0.39 is 16.0 Å². The first-order chi connectivity index (χ1) is 16.9. The van der Waals surface area contributed by atoms with E-state index in [0.29, 0.717) is 5.39 Å². The van der Waals surface area contributed by atoms with Gasteiger partial charge in [-0.25, -0.2) is 4.39 Å². The fraction of sp³-hybridized carbons (Fsp3) is 0.167. The third kappa shape index (κ3) is 4.14. The molecule has 3 aromatic carbocycles. The van der Waals surface area contributed by atoms with Gasteiger partial charge < -0.3 is 9.53 Å². The normalized spacial score (nSPS) is 15.0. The summed E-state index contributed by atoms with van der Waals surface area (Å²) >= 11 is 0. The molecule has 4 aromatic rings. The van der Waals surface area contributed by atoms with Gasteiger partial charge >= 0.3 is 10.2 Å². The first-order valence-electron chi connectivity index (χ1n) is 10.8. The van der Waals surface area contributed by atoms with Crippen molar-refractivity contribution in [1.82, 2.24) is 9.78 Å². The molecule has 0 spiro atoms. The second kappa shape index (κ2) is 8.91. The molecule has 178 valence electrons. The highest BCUT2D eigenvalue weighted by Crippen LogP contribution is 2.41. The molecule has 1 saturated heterocycles. The molecule has 1 aliphatic rings. The zero-order valence-corrected chi connectivity index (χ0v) is 19.2. The molecule has 35 heavy (non-hydrogen) atoms. The number of nitroso groups, excluding NO2 is 1. The minimum absolute atomic E-state index is 0.00604. The van der Waals surface area contributed by atoms with Crippen LogP contribution in [0.4, 0.5) is 10.1 Å². The molecule has 2 heterocycles. The molecule has 0 N–H and O–H groups in total. The fourth-order valence-electron chi connectivity index (χ4n) is 4.01. The van der Waals surface area contributed by atoms with Crippen LogP contribution >= 0.6 is 0 Å². The van der Waals surface area contributed by atoms with Crippen molar-refractivity contribution in [3.8, 4) is 16.9 Å². The van der Waals surface area contributed by atoms with Crippen LogP contribution in [0.3, 0.4) is 0 Å². The van der Waals surface area contributed by atoms with Gasteiger partial charge in [-0.2, -0.15) is 9.40 Å². The molecule has 0 aliphatic carbocycles. The Balaban J connectivity index is 1.62. The Labute approximate surface area is 200 Å². The lowest BCUT2D eigenvalue weighted by Crippen LogP contribution is -2.29. The Morgan fingerprint density at radius 2 is 1.91 bits per heavy atom. The van der Waals surface area contributed by atoms with Gasteiger partial charge in [0, 0.05) is 22.1 Å². The van der Waals surface area contributed by atoms with E-state index in [9.17, 15) is 18.1 Å². The molecule has 0 bridgehead atoms. The van der Waals surface area contributed by atoms with Gasteiger partial charge in [0.1, 0.15) is 35.0 Å². The van der Waals surface area contributed by atoms with Gasteiger partial charge in [0.25, 0.3) is 0 Å². The first-order valence-corrected chi connectivity index (χ1v) is 12.1. The summed E-state index contributed by atoms with van der Waals surface area (Å²) in [6.07, 6.45) is 4.04. The van der Waals surface area contributed by atoms with Crippen molar-refractivity contribution >= 4 is 33.0 Å². The van der Waals surface area contributed by atoms with Crippen molar-refractivity contribution in [3.63, 3.8) is 0 Å². The molecule has 0 unspecified atom stereocenters. The van der Waals surface area contributed by atoms with Crippen LogP contribution in [-0.2, 0) is 28.2 Å². The fourth-order valence-corrected chi connectivity index (χ4v) is 5.26. The quantitative estimate of drug-likeness (QED) is 0.288. The van der Waals surface area contributed by atoms with Gasteiger partial charge in [0.05, 0.1) is 12.7 Å². The summed E-state index contributed by atoms with van der Waals surface area (Å²) in [6.45, 7) is -0.304. The molecule has 0 amide bonds. The molecule has 5 rings (SSSR count). The minimum atomic E-state index is -4.42. The predicted octanol–water partition coefficient (Wildman–Crippen LogP) is 3.46. The molecule has 1 aromatic heterocycles. The number of aromatic nitrogens is 2. The average Bonchev–Trinajstić information content (AvgIpc) is 3.43. The van der Waals surface area contributed by atoms with Crippen molar-refractivity contribution in [2.75, 3.05) is 17.4 Å². The molecule has 1 aliphatic heterocycles. The molecule has 1 fully saturated rings. The van der Waals surface area contributed by atoms with Crippen LogP contribution in [0.5, 0.6) is 5.75 Å². The Morgan fingerprint density at radius 1 is 1.11 bits per heavy atom. The summed E-state index contributed by atoms with van der Waals surface area (Å²) in [4.78, 5) is 22.6. The highest BCUT2D eigenvalue weighted by Gasteiger charge is 2.47. The largest absolute Gasteiger partial charge is 0.512 e. The van der Waals surface area contributed by atoms with Crippen molar-refractivity contribution in [3.05, 3.63) is 83.3 Å². The number of rotatable bonds is 7. The molecule has 0 radical (unpaired) electrons. The van der Waals surface area contributed by atoms with Gasteiger partial charge in [0.2, 0.25) is 6.54 Å².